The number of nitrogens with zero attached hydrogens (tertiary/aromatic N) is 4. The number of aliphatic carboxylic acids is 1. The van der Waals surface area contributed by atoms with Gasteiger partial charge in [0.15, 0.2) is 0 Å². The van der Waals surface area contributed by atoms with E-state index < -0.39 is 5.97 Å². The maximum absolute atomic E-state index is 11.1. The fraction of sp³-hybridized carbons (Fsp3) is 0.294. The molecular weight excluding hydrogens is 340 g/mol. The van der Waals surface area contributed by atoms with E-state index in [0.717, 1.165) is 16.3 Å². The normalized spacial score (nSPS) is 15.4. The highest BCUT2D eigenvalue weighted by molar-refractivity contribution is 7.13. The Morgan fingerprint density at radius 3 is 2.88 bits per heavy atom. The number of carboxylic acid groups (broad SMARTS) is 1. The molecule has 0 aromatic carbocycles. The lowest BCUT2D eigenvalue weighted by molar-refractivity contribution is -0.142. The third-order valence-electron chi connectivity index (χ3n) is 4.33. The van der Waals surface area contributed by atoms with Crippen molar-refractivity contribution in [2.24, 2.45) is 5.92 Å². The van der Waals surface area contributed by atoms with Crippen molar-refractivity contribution in [1.82, 2.24) is 15.1 Å². The highest BCUT2D eigenvalue weighted by Crippen LogP contribution is 2.28. The van der Waals surface area contributed by atoms with E-state index in [4.69, 9.17) is 9.63 Å². The summed E-state index contributed by atoms with van der Waals surface area (Å²) in [5.41, 5.74) is 0.806. The molecule has 7 nitrogen and oxygen atoms in total. The molecule has 0 unspecified atom stereocenters. The number of carbonyl (C=O) groups is 1. The first-order valence-corrected chi connectivity index (χ1v) is 8.90. The van der Waals surface area contributed by atoms with Crippen molar-refractivity contribution in [2.45, 2.75) is 12.8 Å². The molecule has 1 saturated heterocycles. The highest BCUT2D eigenvalue weighted by Gasteiger charge is 2.25. The minimum atomic E-state index is -0.715. The molecule has 1 aliphatic rings. The fourth-order valence-corrected chi connectivity index (χ4v) is 3.58. The van der Waals surface area contributed by atoms with Gasteiger partial charge in [0.25, 0.3) is 5.89 Å². The first kappa shape index (κ1) is 15.8. The van der Waals surface area contributed by atoms with Crippen LogP contribution in [0.2, 0.25) is 0 Å². The first-order valence-electron chi connectivity index (χ1n) is 8.02. The summed E-state index contributed by atoms with van der Waals surface area (Å²) in [6.45, 7) is 1.36. The molecule has 0 spiro atoms. The molecule has 1 aliphatic heterocycles. The van der Waals surface area contributed by atoms with Gasteiger partial charge in [-0.2, -0.15) is 4.98 Å². The van der Waals surface area contributed by atoms with E-state index in [1.165, 1.54) is 0 Å². The minimum absolute atomic E-state index is 0.260. The molecule has 0 saturated carbocycles. The van der Waals surface area contributed by atoms with Crippen LogP contribution in [-0.2, 0) is 4.79 Å². The standard InChI is InChI=1S/C17H16N4O3S/c22-17(23)11-4-7-21(8-5-11)14-10-12(3-6-18-14)16-19-15(20-24-16)13-2-1-9-25-13/h1-3,6,9-11H,4-5,7-8H2,(H,22,23). The van der Waals surface area contributed by atoms with Crippen molar-refractivity contribution in [1.29, 1.82) is 0 Å². The molecule has 8 heteroatoms. The average molecular weight is 356 g/mol. The maximum Gasteiger partial charge on any atom is 0.306 e. The van der Waals surface area contributed by atoms with Crippen LogP contribution in [0.5, 0.6) is 0 Å². The molecule has 128 valence electrons. The average Bonchev–Trinajstić information content (AvgIpc) is 3.33. The second-order valence-electron chi connectivity index (χ2n) is 5.90. The summed E-state index contributed by atoms with van der Waals surface area (Å²) in [4.78, 5) is 23.0. The Morgan fingerprint density at radius 2 is 2.16 bits per heavy atom. The zero-order valence-corrected chi connectivity index (χ0v) is 14.1. The highest BCUT2D eigenvalue weighted by atomic mass is 32.1. The van der Waals surface area contributed by atoms with Gasteiger partial charge >= 0.3 is 5.97 Å². The summed E-state index contributed by atoms with van der Waals surface area (Å²) in [5, 5.41) is 15.1. The molecule has 0 radical (unpaired) electrons. The number of anilines is 1. The van der Waals surface area contributed by atoms with Crippen LogP contribution in [0, 0.1) is 5.92 Å². The molecule has 0 aliphatic carbocycles. The molecule has 0 atom stereocenters. The zero-order chi connectivity index (χ0) is 17.2. The van der Waals surface area contributed by atoms with Gasteiger partial charge in [-0.15, -0.1) is 11.3 Å². The van der Waals surface area contributed by atoms with Crippen molar-refractivity contribution in [2.75, 3.05) is 18.0 Å². The van der Waals surface area contributed by atoms with Gasteiger partial charge < -0.3 is 14.5 Å². The van der Waals surface area contributed by atoms with E-state index in [1.807, 2.05) is 29.6 Å². The summed E-state index contributed by atoms with van der Waals surface area (Å²) in [5.74, 6) is 0.854. The van der Waals surface area contributed by atoms with E-state index >= 15 is 0 Å². The Hall–Kier alpha value is -2.74. The topological polar surface area (TPSA) is 92.3 Å². The van der Waals surface area contributed by atoms with Gasteiger partial charge in [0.2, 0.25) is 5.82 Å². The van der Waals surface area contributed by atoms with E-state index in [9.17, 15) is 4.79 Å². The van der Waals surface area contributed by atoms with Crippen LogP contribution in [0.25, 0.3) is 22.2 Å². The smallest absolute Gasteiger partial charge is 0.306 e. The molecule has 25 heavy (non-hydrogen) atoms. The molecule has 1 fully saturated rings. The van der Waals surface area contributed by atoms with Crippen LogP contribution in [0.4, 0.5) is 5.82 Å². The lowest BCUT2D eigenvalue weighted by Gasteiger charge is -2.31. The molecular formula is C17H16N4O3S. The van der Waals surface area contributed by atoms with E-state index in [2.05, 4.69) is 20.0 Å². The van der Waals surface area contributed by atoms with Crippen LogP contribution in [0.3, 0.4) is 0 Å². The van der Waals surface area contributed by atoms with Crippen LogP contribution >= 0.6 is 11.3 Å². The number of carboxylic acids is 1. The Labute approximate surface area is 147 Å². The van der Waals surface area contributed by atoms with Crippen LogP contribution in [-0.4, -0.2) is 39.3 Å². The van der Waals surface area contributed by atoms with Gasteiger partial charge in [0.05, 0.1) is 10.8 Å². The summed E-state index contributed by atoms with van der Waals surface area (Å²) < 4.78 is 5.39. The molecule has 0 amide bonds. The van der Waals surface area contributed by atoms with E-state index in [-0.39, 0.29) is 5.92 Å². The minimum Gasteiger partial charge on any atom is -0.481 e. The molecule has 4 rings (SSSR count). The zero-order valence-electron chi connectivity index (χ0n) is 13.3. The Kier molecular flexibility index (Phi) is 4.19. The monoisotopic (exact) mass is 356 g/mol. The number of rotatable bonds is 4. The number of aromatic nitrogens is 3. The predicted octanol–water partition coefficient (Wildman–Crippen LogP) is 3.16. The summed E-state index contributed by atoms with van der Waals surface area (Å²) >= 11 is 1.56. The largest absolute Gasteiger partial charge is 0.481 e. The summed E-state index contributed by atoms with van der Waals surface area (Å²) in [6.07, 6.45) is 2.97. The molecule has 1 N–H and O–H groups in total. The van der Waals surface area contributed by atoms with Gasteiger partial charge in [-0.25, -0.2) is 4.98 Å². The molecule has 4 heterocycles. The van der Waals surface area contributed by atoms with Crippen molar-refractivity contribution in [3.63, 3.8) is 0 Å². The van der Waals surface area contributed by atoms with Crippen molar-refractivity contribution < 1.29 is 14.4 Å². The van der Waals surface area contributed by atoms with Gasteiger partial charge in [-0.1, -0.05) is 11.2 Å². The number of hydrogen-bond donors (Lipinski definition) is 1. The van der Waals surface area contributed by atoms with E-state index in [0.29, 0.717) is 37.6 Å². The Balaban J connectivity index is 1.53. The molecule has 3 aromatic heterocycles. The number of piperidine rings is 1. The number of thiophene rings is 1. The third kappa shape index (κ3) is 3.25. The van der Waals surface area contributed by atoms with Gasteiger partial charge in [0.1, 0.15) is 5.82 Å². The van der Waals surface area contributed by atoms with Crippen molar-refractivity contribution >= 4 is 23.1 Å². The third-order valence-corrected chi connectivity index (χ3v) is 5.19. The van der Waals surface area contributed by atoms with Gasteiger partial charge in [-0.3, -0.25) is 4.79 Å². The van der Waals surface area contributed by atoms with Crippen LogP contribution < -0.4 is 4.90 Å². The number of pyridine rings is 1. The Morgan fingerprint density at radius 1 is 1.32 bits per heavy atom. The Bertz CT molecular complexity index is 870. The fourth-order valence-electron chi connectivity index (χ4n) is 2.93. The summed E-state index contributed by atoms with van der Waals surface area (Å²) in [6, 6.07) is 7.64. The second-order valence-corrected chi connectivity index (χ2v) is 6.85. The van der Waals surface area contributed by atoms with Crippen molar-refractivity contribution in [3.8, 4) is 22.2 Å². The summed E-state index contributed by atoms with van der Waals surface area (Å²) in [7, 11) is 0. The first-order chi connectivity index (χ1) is 12.2. The van der Waals surface area contributed by atoms with Crippen molar-refractivity contribution in [3.05, 3.63) is 35.8 Å². The SMILES string of the molecule is O=C(O)C1CCN(c2cc(-c3nc(-c4cccs4)no3)ccn2)CC1. The van der Waals surface area contributed by atoms with Gasteiger partial charge in [-0.05, 0) is 36.4 Å². The maximum atomic E-state index is 11.1. The number of hydrogen-bond acceptors (Lipinski definition) is 7. The van der Waals surface area contributed by atoms with Crippen LogP contribution in [0.1, 0.15) is 12.8 Å². The molecule has 3 aromatic rings. The predicted molar refractivity (Wildman–Crippen MR) is 93.4 cm³/mol. The van der Waals surface area contributed by atoms with Crippen LogP contribution in [0.15, 0.2) is 40.4 Å². The lowest BCUT2D eigenvalue weighted by Crippen LogP contribution is -2.36. The van der Waals surface area contributed by atoms with Gasteiger partial charge in [0, 0.05) is 24.8 Å². The van der Waals surface area contributed by atoms with E-state index in [1.54, 1.807) is 17.5 Å². The second kappa shape index (κ2) is 6.64. The lowest BCUT2D eigenvalue weighted by atomic mass is 9.97. The quantitative estimate of drug-likeness (QED) is 0.767. The molecule has 0 bridgehead atoms.